The lowest BCUT2D eigenvalue weighted by Crippen LogP contribution is -2.12. The van der Waals surface area contributed by atoms with Crippen LogP contribution in [0.15, 0.2) is 54.6 Å². The van der Waals surface area contributed by atoms with Gasteiger partial charge in [0, 0.05) is 0 Å². The summed E-state index contributed by atoms with van der Waals surface area (Å²) < 4.78 is 10.3. The molecule has 0 amide bonds. The van der Waals surface area contributed by atoms with Gasteiger partial charge in [0.15, 0.2) is 0 Å². The molecule has 0 saturated carbocycles. The first-order chi connectivity index (χ1) is 9.74. The van der Waals surface area contributed by atoms with Crippen LogP contribution in [0, 0.1) is 0 Å². The van der Waals surface area contributed by atoms with Gasteiger partial charge in [-0.1, -0.05) is 30.3 Å². The van der Waals surface area contributed by atoms with Crippen molar-refractivity contribution >= 4 is 5.97 Å². The number of esters is 1. The minimum atomic E-state index is -0.430. The highest BCUT2D eigenvalue weighted by Gasteiger charge is 2.12. The van der Waals surface area contributed by atoms with E-state index in [1.54, 1.807) is 24.3 Å². The van der Waals surface area contributed by atoms with Crippen molar-refractivity contribution in [1.82, 2.24) is 0 Å². The maximum absolute atomic E-state index is 11.3. The first kappa shape index (κ1) is 14.1. The molecule has 2 rings (SSSR count). The third-order valence-corrected chi connectivity index (χ3v) is 2.89. The van der Waals surface area contributed by atoms with E-state index in [1.807, 2.05) is 30.3 Å². The van der Waals surface area contributed by atoms with Crippen molar-refractivity contribution in [3.05, 3.63) is 65.7 Å². The van der Waals surface area contributed by atoms with Gasteiger partial charge < -0.3 is 14.6 Å². The van der Waals surface area contributed by atoms with E-state index in [9.17, 15) is 9.90 Å². The molecule has 1 atom stereocenters. The van der Waals surface area contributed by atoms with Crippen LogP contribution in [0.5, 0.6) is 5.75 Å². The molecule has 1 unspecified atom stereocenters. The van der Waals surface area contributed by atoms with Crippen LogP contribution in [0.25, 0.3) is 0 Å². The standard InChI is InChI=1S/C16H16O4/c1-19-16(18)13-7-9-14(10-8-13)20-15(11-17)12-5-3-2-4-6-12/h2-10,15,17H,11H2,1H3. The molecule has 20 heavy (non-hydrogen) atoms. The van der Waals surface area contributed by atoms with E-state index in [-0.39, 0.29) is 6.61 Å². The lowest BCUT2D eigenvalue weighted by molar-refractivity contribution is 0.0600. The SMILES string of the molecule is COC(=O)c1ccc(OC(CO)c2ccccc2)cc1. The molecule has 0 heterocycles. The van der Waals surface area contributed by atoms with Crippen LogP contribution in [0.4, 0.5) is 0 Å². The second-order valence-corrected chi connectivity index (χ2v) is 4.22. The molecule has 0 aliphatic carbocycles. The second kappa shape index (κ2) is 6.73. The topological polar surface area (TPSA) is 55.8 Å². The minimum absolute atomic E-state index is 0.122. The average Bonchev–Trinajstić information content (AvgIpc) is 2.53. The molecule has 4 nitrogen and oxygen atoms in total. The number of aliphatic hydroxyl groups is 1. The molecule has 2 aromatic rings. The van der Waals surface area contributed by atoms with E-state index < -0.39 is 12.1 Å². The molecular weight excluding hydrogens is 256 g/mol. The number of hydrogen-bond acceptors (Lipinski definition) is 4. The Morgan fingerprint density at radius 1 is 1.10 bits per heavy atom. The number of hydrogen-bond donors (Lipinski definition) is 1. The number of rotatable bonds is 5. The molecule has 2 aromatic carbocycles. The van der Waals surface area contributed by atoms with Gasteiger partial charge in [-0.2, -0.15) is 0 Å². The van der Waals surface area contributed by atoms with E-state index in [1.165, 1.54) is 7.11 Å². The molecule has 0 saturated heterocycles. The van der Waals surface area contributed by atoms with E-state index in [2.05, 4.69) is 4.74 Å². The van der Waals surface area contributed by atoms with Crippen LogP contribution in [0.2, 0.25) is 0 Å². The van der Waals surface area contributed by atoms with Gasteiger partial charge in [0.2, 0.25) is 0 Å². The second-order valence-electron chi connectivity index (χ2n) is 4.22. The van der Waals surface area contributed by atoms with Crippen molar-refractivity contribution in [1.29, 1.82) is 0 Å². The maximum atomic E-state index is 11.3. The molecule has 1 N–H and O–H groups in total. The van der Waals surface area contributed by atoms with Crippen LogP contribution >= 0.6 is 0 Å². The van der Waals surface area contributed by atoms with Crippen molar-refractivity contribution in [3.63, 3.8) is 0 Å². The van der Waals surface area contributed by atoms with Crippen molar-refractivity contribution in [3.8, 4) is 5.75 Å². The minimum Gasteiger partial charge on any atom is -0.483 e. The van der Waals surface area contributed by atoms with Gasteiger partial charge in [-0.15, -0.1) is 0 Å². The molecule has 0 fully saturated rings. The summed E-state index contributed by atoms with van der Waals surface area (Å²) >= 11 is 0. The number of ether oxygens (including phenoxy) is 2. The van der Waals surface area contributed by atoms with E-state index in [4.69, 9.17) is 4.74 Å². The molecule has 0 spiro atoms. The predicted molar refractivity (Wildman–Crippen MR) is 74.7 cm³/mol. The summed E-state index contributed by atoms with van der Waals surface area (Å²) in [5, 5.41) is 9.42. The summed E-state index contributed by atoms with van der Waals surface area (Å²) in [6.45, 7) is -0.122. The Morgan fingerprint density at radius 3 is 2.30 bits per heavy atom. The number of aliphatic hydroxyl groups excluding tert-OH is 1. The summed E-state index contributed by atoms with van der Waals surface area (Å²) in [4.78, 5) is 11.3. The Morgan fingerprint density at radius 2 is 1.75 bits per heavy atom. The van der Waals surface area contributed by atoms with Gasteiger partial charge in [0.25, 0.3) is 0 Å². The highest BCUT2D eigenvalue weighted by atomic mass is 16.5. The quantitative estimate of drug-likeness (QED) is 0.850. The van der Waals surface area contributed by atoms with Crippen molar-refractivity contribution < 1.29 is 19.4 Å². The van der Waals surface area contributed by atoms with Gasteiger partial charge in [-0.3, -0.25) is 0 Å². The first-order valence-corrected chi connectivity index (χ1v) is 6.25. The molecule has 0 aliphatic heterocycles. The third-order valence-electron chi connectivity index (χ3n) is 2.89. The Balaban J connectivity index is 2.10. The van der Waals surface area contributed by atoms with Gasteiger partial charge in [-0.05, 0) is 29.8 Å². The van der Waals surface area contributed by atoms with Crippen molar-refractivity contribution in [2.24, 2.45) is 0 Å². The first-order valence-electron chi connectivity index (χ1n) is 6.25. The highest BCUT2D eigenvalue weighted by Crippen LogP contribution is 2.22. The zero-order valence-corrected chi connectivity index (χ0v) is 11.2. The molecule has 4 heteroatoms. The molecular formula is C16H16O4. The Bertz CT molecular complexity index is 548. The fourth-order valence-corrected chi connectivity index (χ4v) is 1.83. The summed E-state index contributed by atoms with van der Waals surface area (Å²) in [5.41, 5.74) is 1.35. The van der Waals surface area contributed by atoms with Crippen LogP contribution in [0.3, 0.4) is 0 Å². The highest BCUT2D eigenvalue weighted by molar-refractivity contribution is 5.89. The average molecular weight is 272 g/mol. The molecule has 0 aromatic heterocycles. The lowest BCUT2D eigenvalue weighted by atomic mass is 10.1. The maximum Gasteiger partial charge on any atom is 0.337 e. The smallest absolute Gasteiger partial charge is 0.337 e. The summed E-state index contributed by atoms with van der Waals surface area (Å²) in [7, 11) is 1.34. The Labute approximate surface area is 117 Å². The van der Waals surface area contributed by atoms with Crippen LogP contribution < -0.4 is 4.74 Å². The summed E-state index contributed by atoms with van der Waals surface area (Å²) in [6, 6.07) is 16.1. The molecule has 104 valence electrons. The Kier molecular flexibility index (Phi) is 4.74. The summed E-state index contributed by atoms with van der Waals surface area (Å²) in [5.74, 6) is 0.193. The van der Waals surface area contributed by atoms with E-state index in [0.29, 0.717) is 11.3 Å². The lowest BCUT2D eigenvalue weighted by Gasteiger charge is -2.17. The van der Waals surface area contributed by atoms with Crippen molar-refractivity contribution in [2.45, 2.75) is 6.10 Å². The van der Waals surface area contributed by atoms with Gasteiger partial charge in [-0.25, -0.2) is 4.79 Å². The van der Waals surface area contributed by atoms with Gasteiger partial charge >= 0.3 is 5.97 Å². The van der Waals surface area contributed by atoms with E-state index in [0.717, 1.165) is 5.56 Å². The third kappa shape index (κ3) is 3.36. The zero-order valence-electron chi connectivity index (χ0n) is 11.2. The largest absolute Gasteiger partial charge is 0.483 e. The van der Waals surface area contributed by atoms with Crippen LogP contribution in [-0.4, -0.2) is 24.8 Å². The monoisotopic (exact) mass is 272 g/mol. The predicted octanol–water partition coefficient (Wildman–Crippen LogP) is 2.59. The fraction of sp³-hybridized carbons (Fsp3) is 0.188. The van der Waals surface area contributed by atoms with Crippen LogP contribution in [0.1, 0.15) is 22.0 Å². The van der Waals surface area contributed by atoms with Crippen LogP contribution in [-0.2, 0) is 4.74 Å². The number of methoxy groups -OCH3 is 1. The fourth-order valence-electron chi connectivity index (χ4n) is 1.83. The number of carbonyl (C=O) groups excluding carboxylic acids is 1. The molecule has 0 bridgehead atoms. The molecule has 0 aliphatic rings. The number of benzene rings is 2. The van der Waals surface area contributed by atoms with E-state index >= 15 is 0 Å². The normalized spacial score (nSPS) is 11.7. The van der Waals surface area contributed by atoms with Crippen molar-refractivity contribution in [2.75, 3.05) is 13.7 Å². The number of carbonyl (C=O) groups is 1. The molecule has 0 radical (unpaired) electrons. The zero-order chi connectivity index (χ0) is 14.4. The summed E-state index contributed by atoms with van der Waals surface area (Å²) in [6.07, 6.45) is -0.430. The van der Waals surface area contributed by atoms with Gasteiger partial charge in [0.1, 0.15) is 11.9 Å². The van der Waals surface area contributed by atoms with Gasteiger partial charge in [0.05, 0.1) is 19.3 Å². The Hall–Kier alpha value is -2.33.